The first kappa shape index (κ1) is 35.7. The van der Waals surface area contributed by atoms with Crippen molar-refractivity contribution in [2.24, 2.45) is 0 Å². The largest absolute Gasteiger partial charge is 0.310 e. The molecular weight excluding hydrogens is 749 g/mol. The number of rotatable bonds is 7. The summed E-state index contributed by atoms with van der Waals surface area (Å²) in [5, 5.41) is 10.1. The molecule has 2 nitrogen and oxygen atoms in total. The van der Waals surface area contributed by atoms with Gasteiger partial charge in [0.15, 0.2) is 0 Å². The molecule has 0 N–H and O–H groups in total. The Hall–Kier alpha value is -8.20. The van der Waals surface area contributed by atoms with Crippen molar-refractivity contribution in [2.45, 2.75) is 0 Å². The average molecular weight is 789 g/mol. The third kappa shape index (κ3) is 5.80. The van der Waals surface area contributed by atoms with Gasteiger partial charge in [-0.05, 0) is 104 Å². The van der Waals surface area contributed by atoms with Crippen molar-refractivity contribution in [1.82, 2.24) is 4.57 Å². The minimum absolute atomic E-state index is 1.09. The fourth-order valence-electron chi connectivity index (χ4n) is 9.79. The van der Waals surface area contributed by atoms with Crippen molar-refractivity contribution in [1.29, 1.82) is 0 Å². The molecule has 0 bridgehead atoms. The standard InChI is InChI=1S/C60H40N2/c1-4-18-41(19-5-1)42-32-36-46(37-33-42)61(56-30-16-14-24-48(56)43-20-6-2-7-21-43)47-38-34-44(35-39-47)54-40-55-50-26-11-13-28-52(50)60-59(58(55)51-27-12-10-25-49(51)54)53-29-15-17-31-57(53)62(60)45-22-8-3-9-23-45/h1-40H. The fraction of sp³-hybridized carbons (Fsp3) is 0. The third-order valence-electron chi connectivity index (χ3n) is 12.6. The Bertz CT molecular complexity index is 3590. The Morgan fingerprint density at radius 1 is 0.290 bits per heavy atom. The van der Waals surface area contributed by atoms with Crippen LogP contribution in [0.1, 0.15) is 0 Å². The van der Waals surface area contributed by atoms with Crippen molar-refractivity contribution in [3.63, 3.8) is 0 Å². The van der Waals surface area contributed by atoms with Gasteiger partial charge in [-0.1, -0.05) is 188 Å². The average Bonchev–Trinajstić information content (AvgIpc) is 3.71. The maximum Gasteiger partial charge on any atom is 0.0626 e. The zero-order valence-electron chi connectivity index (χ0n) is 34.0. The summed E-state index contributed by atoms with van der Waals surface area (Å²) in [7, 11) is 0. The second kappa shape index (κ2) is 14.8. The molecule has 0 spiro atoms. The first-order valence-corrected chi connectivity index (χ1v) is 21.4. The Morgan fingerprint density at radius 2 is 0.774 bits per heavy atom. The van der Waals surface area contributed by atoms with Crippen LogP contribution in [0.2, 0.25) is 0 Å². The summed E-state index contributed by atoms with van der Waals surface area (Å²) in [5.41, 5.74) is 14.1. The smallest absolute Gasteiger partial charge is 0.0626 e. The van der Waals surface area contributed by atoms with Gasteiger partial charge < -0.3 is 9.47 Å². The molecule has 290 valence electrons. The summed E-state index contributed by atoms with van der Waals surface area (Å²) >= 11 is 0. The van der Waals surface area contributed by atoms with Crippen LogP contribution in [0.3, 0.4) is 0 Å². The van der Waals surface area contributed by atoms with Gasteiger partial charge >= 0.3 is 0 Å². The van der Waals surface area contributed by atoms with Gasteiger partial charge in [-0.25, -0.2) is 0 Å². The first-order valence-electron chi connectivity index (χ1n) is 21.4. The van der Waals surface area contributed by atoms with Crippen LogP contribution in [-0.4, -0.2) is 4.57 Å². The molecule has 0 radical (unpaired) electrons. The van der Waals surface area contributed by atoms with E-state index in [0.717, 1.165) is 22.7 Å². The molecule has 12 aromatic rings. The lowest BCUT2D eigenvalue weighted by atomic mass is 9.88. The van der Waals surface area contributed by atoms with E-state index in [0.29, 0.717) is 0 Å². The zero-order valence-corrected chi connectivity index (χ0v) is 34.0. The maximum absolute atomic E-state index is 2.46. The van der Waals surface area contributed by atoms with E-state index in [2.05, 4.69) is 252 Å². The SMILES string of the molecule is c1ccc(-c2ccc(N(c3ccc(-c4cc5c6ccccc6c6c(c7ccccc7n6-c6ccccc6)c5c5ccccc45)cc3)c3ccccc3-c3ccccc3)cc2)cc1. The molecule has 0 unspecified atom stereocenters. The molecule has 0 saturated carbocycles. The minimum Gasteiger partial charge on any atom is -0.310 e. The van der Waals surface area contributed by atoms with Crippen LogP contribution in [0.5, 0.6) is 0 Å². The summed E-state index contributed by atoms with van der Waals surface area (Å²) in [4.78, 5) is 2.39. The predicted molar refractivity (Wildman–Crippen MR) is 264 cm³/mol. The number of hydrogen-bond donors (Lipinski definition) is 0. The van der Waals surface area contributed by atoms with Crippen molar-refractivity contribution >= 4 is 71.2 Å². The second-order valence-corrected chi connectivity index (χ2v) is 16.0. The molecule has 0 saturated heterocycles. The van der Waals surface area contributed by atoms with Crippen LogP contribution in [-0.2, 0) is 0 Å². The molecular formula is C60H40N2. The summed E-state index contributed by atoms with van der Waals surface area (Å²) in [6.07, 6.45) is 0. The van der Waals surface area contributed by atoms with Crippen LogP contribution in [0.15, 0.2) is 243 Å². The van der Waals surface area contributed by atoms with E-state index in [1.54, 1.807) is 0 Å². The van der Waals surface area contributed by atoms with Gasteiger partial charge in [0.05, 0.1) is 16.7 Å². The minimum atomic E-state index is 1.09. The van der Waals surface area contributed by atoms with E-state index in [4.69, 9.17) is 0 Å². The van der Waals surface area contributed by atoms with Crippen LogP contribution in [0.25, 0.3) is 93.2 Å². The van der Waals surface area contributed by atoms with Crippen LogP contribution in [0, 0.1) is 0 Å². The van der Waals surface area contributed by atoms with Crippen LogP contribution >= 0.6 is 0 Å². The van der Waals surface area contributed by atoms with E-state index < -0.39 is 0 Å². The number of hydrogen-bond acceptors (Lipinski definition) is 1. The van der Waals surface area contributed by atoms with Crippen molar-refractivity contribution in [2.75, 3.05) is 4.90 Å². The predicted octanol–water partition coefficient (Wildman–Crippen LogP) is 16.7. The fourth-order valence-corrected chi connectivity index (χ4v) is 9.79. The maximum atomic E-state index is 2.46. The molecule has 0 amide bonds. The van der Waals surface area contributed by atoms with Crippen molar-refractivity contribution in [3.8, 4) is 39.1 Å². The van der Waals surface area contributed by atoms with E-state index >= 15 is 0 Å². The third-order valence-corrected chi connectivity index (χ3v) is 12.6. The molecule has 0 atom stereocenters. The van der Waals surface area contributed by atoms with Gasteiger partial charge in [0.25, 0.3) is 0 Å². The lowest BCUT2D eigenvalue weighted by Crippen LogP contribution is -2.11. The highest BCUT2D eigenvalue weighted by Crippen LogP contribution is 2.48. The van der Waals surface area contributed by atoms with Gasteiger partial charge in [-0.3, -0.25) is 0 Å². The quantitative estimate of drug-likeness (QED) is 0.146. The molecule has 1 aromatic heterocycles. The van der Waals surface area contributed by atoms with Gasteiger partial charge in [-0.15, -0.1) is 0 Å². The molecule has 2 heteroatoms. The number of para-hydroxylation sites is 3. The number of benzene rings is 11. The van der Waals surface area contributed by atoms with E-state index in [1.807, 2.05) is 0 Å². The first-order chi connectivity index (χ1) is 30.8. The number of anilines is 3. The Labute approximate surface area is 360 Å². The Balaban J connectivity index is 1.07. The van der Waals surface area contributed by atoms with Gasteiger partial charge in [0.2, 0.25) is 0 Å². The highest BCUT2D eigenvalue weighted by molar-refractivity contribution is 6.38. The Kier molecular flexibility index (Phi) is 8.53. The molecule has 1 heterocycles. The molecule has 0 fully saturated rings. The topological polar surface area (TPSA) is 8.17 Å². The highest BCUT2D eigenvalue weighted by atomic mass is 15.1. The van der Waals surface area contributed by atoms with E-state index in [1.165, 1.54) is 87.5 Å². The van der Waals surface area contributed by atoms with Crippen LogP contribution < -0.4 is 4.90 Å². The zero-order chi connectivity index (χ0) is 41.0. The highest BCUT2D eigenvalue weighted by Gasteiger charge is 2.22. The number of fused-ring (bicyclic) bond motifs is 10. The molecule has 12 rings (SSSR count). The van der Waals surface area contributed by atoms with Gasteiger partial charge in [-0.2, -0.15) is 0 Å². The normalized spacial score (nSPS) is 11.5. The van der Waals surface area contributed by atoms with Gasteiger partial charge in [0.1, 0.15) is 0 Å². The molecule has 0 aliphatic heterocycles. The number of aromatic nitrogens is 1. The van der Waals surface area contributed by atoms with Crippen LogP contribution in [0.4, 0.5) is 17.1 Å². The van der Waals surface area contributed by atoms with Crippen molar-refractivity contribution in [3.05, 3.63) is 243 Å². The monoisotopic (exact) mass is 788 g/mol. The summed E-state index contributed by atoms with van der Waals surface area (Å²) in [6, 6.07) is 88.3. The summed E-state index contributed by atoms with van der Waals surface area (Å²) < 4.78 is 2.46. The lowest BCUT2D eigenvalue weighted by Gasteiger charge is -2.28. The number of nitrogens with zero attached hydrogens (tertiary/aromatic N) is 2. The second-order valence-electron chi connectivity index (χ2n) is 16.0. The molecule has 62 heavy (non-hydrogen) atoms. The Morgan fingerprint density at radius 3 is 1.47 bits per heavy atom. The molecule has 0 aliphatic carbocycles. The molecule has 11 aromatic carbocycles. The lowest BCUT2D eigenvalue weighted by molar-refractivity contribution is 1.19. The summed E-state index contributed by atoms with van der Waals surface area (Å²) in [6.45, 7) is 0. The van der Waals surface area contributed by atoms with Crippen molar-refractivity contribution < 1.29 is 0 Å². The van der Waals surface area contributed by atoms with E-state index in [9.17, 15) is 0 Å². The van der Waals surface area contributed by atoms with E-state index in [-0.39, 0.29) is 0 Å². The molecule has 0 aliphatic rings. The summed E-state index contributed by atoms with van der Waals surface area (Å²) in [5.74, 6) is 0. The van der Waals surface area contributed by atoms with Gasteiger partial charge in [0, 0.05) is 44.2 Å².